The summed E-state index contributed by atoms with van der Waals surface area (Å²) < 4.78 is 7.03. The predicted molar refractivity (Wildman–Crippen MR) is 120 cm³/mol. The molecule has 0 atom stereocenters. The minimum atomic E-state index is -0.571. The van der Waals surface area contributed by atoms with Crippen molar-refractivity contribution in [2.75, 3.05) is 0 Å². The van der Waals surface area contributed by atoms with Gasteiger partial charge in [0.25, 0.3) is 5.56 Å². The number of fused-ring (bicyclic) bond motifs is 1. The van der Waals surface area contributed by atoms with E-state index in [2.05, 4.69) is 6.92 Å². The van der Waals surface area contributed by atoms with Gasteiger partial charge in [0.15, 0.2) is 5.76 Å². The molecule has 1 N–H and O–H groups in total. The molecule has 3 aromatic rings. The molecule has 6 heteroatoms. The van der Waals surface area contributed by atoms with Crippen LogP contribution in [0, 0.1) is 39.0 Å². The number of aryl methyl sites for hydroxylation is 3. The van der Waals surface area contributed by atoms with Gasteiger partial charge in [-0.1, -0.05) is 26.2 Å². The minimum absolute atomic E-state index is 0.0535. The van der Waals surface area contributed by atoms with Crippen molar-refractivity contribution in [3.05, 3.63) is 61.6 Å². The number of carbonyl (C=O) groups excluding carboxylic acids is 1. The maximum atomic E-state index is 13.5. The Kier molecular flexibility index (Phi) is 6.35. The van der Waals surface area contributed by atoms with Crippen molar-refractivity contribution in [1.82, 2.24) is 4.57 Å². The molecule has 0 bridgehead atoms. The number of nitrogens with zero attached hydrogens (tertiary/aromatic N) is 2. The first-order chi connectivity index (χ1) is 14.7. The molecule has 0 aliphatic rings. The summed E-state index contributed by atoms with van der Waals surface area (Å²) in [6.07, 6.45) is 3.61. The Morgan fingerprint density at radius 3 is 2.42 bits per heavy atom. The van der Waals surface area contributed by atoms with E-state index in [0.717, 1.165) is 40.3 Å². The lowest BCUT2D eigenvalue weighted by atomic mass is 9.98. The van der Waals surface area contributed by atoms with E-state index in [1.807, 2.05) is 32.0 Å². The van der Waals surface area contributed by atoms with Crippen molar-refractivity contribution in [3.8, 4) is 11.9 Å². The number of rotatable bonds is 7. The van der Waals surface area contributed by atoms with Gasteiger partial charge in [0, 0.05) is 17.5 Å². The number of furan rings is 1. The molecule has 2 heterocycles. The second-order valence-corrected chi connectivity index (χ2v) is 8.15. The standard InChI is InChI=1S/C25H28N2O4/c1-6-7-8-9-10-27-24(29)19(13-26)16(4)21(25(27)30)22(28)23-17(5)18-11-14(2)15(3)12-20(18)31-23/h11-12,30H,6-10H2,1-5H3. The van der Waals surface area contributed by atoms with E-state index in [-0.39, 0.29) is 29.0 Å². The third kappa shape index (κ3) is 3.88. The van der Waals surface area contributed by atoms with Crippen molar-refractivity contribution in [1.29, 1.82) is 5.26 Å². The SMILES string of the molecule is CCCCCCn1c(O)c(C(=O)c2oc3cc(C)c(C)cc3c2C)c(C)c(C#N)c1=O. The number of aromatic nitrogens is 1. The van der Waals surface area contributed by atoms with Crippen LogP contribution in [0.2, 0.25) is 0 Å². The molecule has 2 aromatic heterocycles. The smallest absolute Gasteiger partial charge is 0.271 e. The third-order valence-corrected chi connectivity index (χ3v) is 6.02. The normalized spacial score (nSPS) is 11.1. The van der Waals surface area contributed by atoms with E-state index < -0.39 is 17.2 Å². The molecule has 0 radical (unpaired) electrons. The first kappa shape index (κ1) is 22.4. The van der Waals surface area contributed by atoms with E-state index in [4.69, 9.17) is 4.42 Å². The summed E-state index contributed by atoms with van der Waals surface area (Å²) in [5, 5.41) is 21.3. The summed E-state index contributed by atoms with van der Waals surface area (Å²) in [4.78, 5) is 26.2. The van der Waals surface area contributed by atoms with Crippen molar-refractivity contribution in [3.63, 3.8) is 0 Å². The summed E-state index contributed by atoms with van der Waals surface area (Å²) in [6.45, 7) is 9.60. The molecule has 1 aromatic carbocycles. The number of benzene rings is 1. The van der Waals surface area contributed by atoms with Gasteiger partial charge in [-0.15, -0.1) is 0 Å². The number of ketones is 1. The van der Waals surface area contributed by atoms with Gasteiger partial charge >= 0.3 is 0 Å². The number of hydrogen-bond acceptors (Lipinski definition) is 5. The lowest BCUT2D eigenvalue weighted by molar-refractivity contribution is 0.100. The van der Waals surface area contributed by atoms with Crippen molar-refractivity contribution in [2.45, 2.75) is 66.8 Å². The fourth-order valence-corrected chi connectivity index (χ4v) is 3.93. The average Bonchev–Trinajstić information content (AvgIpc) is 3.03. The summed E-state index contributed by atoms with van der Waals surface area (Å²) in [5.41, 5.74) is 2.81. The number of unbranched alkanes of at least 4 members (excludes halogenated alkanes) is 3. The van der Waals surface area contributed by atoms with E-state index in [1.165, 1.54) is 6.92 Å². The topological polar surface area (TPSA) is 96.2 Å². The monoisotopic (exact) mass is 420 g/mol. The average molecular weight is 421 g/mol. The highest BCUT2D eigenvalue weighted by Crippen LogP contribution is 2.32. The van der Waals surface area contributed by atoms with E-state index in [1.54, 1.807) is 6.92 Å². The first-order valence-electron chi connectivity index (χ1n) is 10.6. The lowest BCUT2D eigenvalue weighted by Gasteiger charge is -2.15. The lowest BCUT2D eigenvalue weighted by Crippen LogP contribution is -2.27. The van der Waals surface area contributed by atoms with Crippen LogP contribution < -0.4 is 5.56 Å². The quantitative estimate of drug-likeness (QED) is 0.418. The van der Waals surface area contributed by atoms with Crippen molar-refractivity contribution in [2.24, 2.45) is 0 Å². The van der Waals surface area contributed by atoms with Gasteiger partial charge in [-0.05, 0) is 62.9 Å². The number of aromatic hydroxyl groups is 1. The highest BCUT2D eigenvalue weighted by Gasteiger charge is 2.28. The maximum absolute atomic E-state index is 13.5. The van der Waals surface area contributed by atoms with Crippen molar-refractivity contribution < 1.29 is 14.3 Å². The Labute approximate surface area is 181 Å². The molecular weight excluding hydrogens is 392 g/mol. The van der Waals surface area contributed by atoms with Crippen LogP contribution in [0.1, 0.15) is 76.5 Å². The predicted octanol–water partition coefficient (Wildman–Crippen LogP) is 5.22. The molecule has 0 spiro atoms. The molecule has 0 amide bonds. The summed E-state index contributed by atoms with van der Waals surface area (Å²) >= 11 is 0. The minimum Gasteiger partial charge on any atom is -0.494 e. The van der Waals surface area contributed by atoms with Gasteiger partial charge in [0.2, 0.25) is 11.7 Å². The third-order valence-electron chi connectivity index (χ3n) is 6.02. The summed E-state index contributed by atoms with van der Waals surface area (Å²) in [6, 6.07) is 5.77. The molecule has 0 saturated heterocycles. The molecule has 31 heavy (non-hydrogen) atoms. The van der Waals surface area contributed by atoms with Crippen LogP contribution in [0.4, 0.5) is 0 Å². The highest BCUT2D eigenvalue weighted by atomic mass is 16.3. The highest BCUT2D eigenvalue weighted by molar-refractivity contribution is 6.12. The fraction of sp³-hybridized carbons (Fsp3) is 0.400. The van der Waals surface area contributed by atoms with Crippen LogP contribution in [-0.4, -0.2) is 15.5 Å². The number of carbonyl (C=O) groups is 1. The number of hydrogen-bond donors (Lipinski definition) is 1. The number of pyridine rings is 1. The Morgan fingerprint density at radius 2 is 1.77 bits per heavy atom. The van der Waals surface area contributed by atoms with Crippen LogP contribution in [0.15, 0.2) is 21.3 Å². The van der Waals surface area contributed by atoms with E-state index in [0.29, 0.717) is 17.6 Å². The van der Waals surface area contributed by atoms with Gasteiger partial charge in [-0.25, -0.2) is 0 Å². The second-order valence-electron chi connectivity index (χ2n) is 8.15. The van der Waals surface area contributed by atoms with Crippen LogP contribution in [0.5, 0.6) is 5.88 Å². The molecule has 0 aliphatic carbocycles. The van der Waals surface area contributed by atoms with Gasteiger partial charge in [-0.2, -0.15) is 5.26 Å². The van der Waals surface area contributed by atoms with E-state index >= 15 is 0 Å². The second kappa shape index (κ2) is 8.81. The Hall–Kier alpha value is -3.33. The zero-order valence-corrected chi connectivity index (χ0v) is 18.8. The van der Waals surface area contributed by atoms with Crippen LogP contribution in [-0.2, 0) is 6.54 Å². The zero-order valence-electron chi connectivity index (χ0n) is 18.8. The summed E-state index contributed by atoms with van der Waals surface area (Å²) in [5.74, 6) is -0.827. The molecule has 0 aliphatic heterocycles. The molecular formula is C25H28N2O4. The van der Waals surface area contributed by atoms with Crippen LogP contribution >= 0.6 is 0 Å². The van der Waals surface area contributed by atoms with Crippen molar-refractivity contribution >= 4 is 16.8 Å². The Morgan fingerprint density at radius 1 is 1.10 bits per heavy atom. The maximum Gasteiger partial charge on any atom is 0.271 e. The van der Waals surface area contributed by atoms with Gasteiger partial charge < -0.3 is 9.52 Å². The summed E-state index contributed by atoms with van der Waals surface area (Å²) in [7, 11) is 0. The van der Waals surface area contributed by atoms with Crippen LogP contribution in [0.3, 0.4) is 0 Å². The largest absolute Gasteiger partial charge is 0.494 e. The number of nitriles is 1. The molecule has 162 valence electrons. The van der Waals surface area contributed by atoms with Gasteiger partial charge in [-0.3, -0.25) is 14.2 Å². The zero-order chi connectivity index (χ0) is 22.9. The Balaban J connectivity index is 2.17. The van der Waals surface area contributed by atoms with Crippen LogP contribution in [0.25, 0.3) is 11.0 Å². The fourth-order valence-electron chi connectivity index (χ4n) is 3.93. The van der Waals surface area contributed by atoms with Gasteiger partial charge in [0.1, 0.15) is 17.2 Å². The Bertz CT molecular complexity index is 1270. The molecule has 0 unspecified atom stereocenters. The molecule has 0 saturated carbocycles. The molecule has 6 nitrogen and oxygen atoms in total. The molecule has 0 fully saturated rings. The first-order valence-corrected chi connectivity index (χ1v) is 10.6. The van der Waals surface area contributed by atoms with E-state index in [9.17, 15) is 20.0 Å². The van der Waals surface area contributed by atoms with Gasteiger partial charge in [0.05, 0.1) is 5.56 Å². The molecule has 3 rings (SSSR count).